The Morgan fingerprint density at radius 3 is 2.40 bits per heavy atom. The van der Waals surface area contributed by atoms with Gasteiger partial charge in [0.05, 0.1) is 0 Å². The number of urea groups is 1. The molecule has 2 unspecified atom stereocenters. The molecule has 5 amide bonds. The zero-order valence-corrected chi connectivity index (χ0v) is 11.7. The molecule has 0 bridgehead atoms. The van der Waals surface area contributed by atoms with Crippen LogP contribution in [0.3, 0.4) is 0 Å². The van der Waals surface area contributed by atoms with Gasteiger partial charge in [-0.2, -0.15) is 0 Å². The average Bonchev–Trinajstić information content (AvgIpc) is 2.45. The number of hydrogen-bond donors (Lipinski definition) is 1. The van der Waals surface area contributed by atoms with Crippen LogP contribution in [0.5, 0.6) is 0 Å². The zero-order chi connectivity index (χ0) is 14.9. The number of rotatable bonds is 2. The first-order valence-electron chi connectivity index (χ1n) is 6.90. The molecule has 0 spiro atoms. The van der Waals surface area contributed by atoms with Crippen LogP contribution >= 0.6 is 0 Å². The minimum atomic E-state index is -0.940. The van der Waals surface area contributed by atoms with Crippen molar-refractivity contribution in [3.8, 4) is 0 Å². The van der Waals surface area contributed by atoms with Gasteiger partial charge in [0.1, 0.15) is 12.0 Å². The topological polar surface area (TPSA) is 86.8 Å². The summed E-state index contributed by atoms with van der Waals surface area (Å²) in [6, 6.07) is -1.69. The van der Waals surface area contributed by atoms with Crippen LogP contribution in [0.4, 0.5) is 4.79 Å². The maximum Gasteiger partial charge on any atom is 0.331 e. The summed E-state index contributed by atoms with van der Waals surface area (Å²) >= 11 is 0. The molecule has 2 rings (SSSR count). The summed E-state index contributed by atoms with van der Waals surface area (Å²) in [5, 5.41) is 2.10. The molecular formula is C13H19N3O4. The Balaban J connectivity index is 2.12. The standard InChI is InChI=1S/C13H19N3O4/c1-8-10(17)14-13(20)16(11(8)18)9(2)12(19)15-6-4-3-5-7-15/h8-9H,3-7H2,1-2H3,(H,14,17,20). The van der Waals surface area contributed by atoms with E-state index in [1.807, 2.05) is 0 Å². The lowest BCUT2D eigenvalue weighted by Gasteiger charge is -2.36. The van der Waals surface area contributed by atoms with E-state index in [1.165, 1.54) is 13.8 Å². The molecule has 7 nitrogen and oxygen atoms in total. The number of hydrogen-bond acceptors (Lipinski definition) is 4. The van der Waals surface area contributed by atoms with Gasteiger partial charge >= 0.3 is 6.03 Å². The van der Waals surface area contributed by atoms with Gasteiger partial charge < -0.3 is 4.90 Å². The molecule has 2 aliphatic heterocycles. The third kappa shape index (κ3) is 2.52. The van der Waals surface area contributed by atoms with E-state index in [9.17, 15) is 19.2 Å². The second-order valence-electron chi connectivity index (χ2n) is 5.29. The van der Waals surface area contributed by atoms with Gasteiger partial charge in [0.2, 0.25) is 17.7 Å². The average molecular weight is 281 g/mol. The smallest absolute Gasteiger partial charge is 0.331 e. The van der Waals surface area contributed by atoms with Gasteiger partial charge in [-0.15, -0.1) is 0 Å². The summed E-state index contributed by atoms with van der Waals surface area (Å²) in [5.74, 6) is -2.41. The summed E-state index contributed by atoms with van der Waals surface area (Å²) in [5.41, 5.74) is 0. The van der Waals surface area contributed by atoms with Crippen LogP contribution in [0.15, 0.2) is 0 Å². The van der Waals surface area contributed by atoms with Gasteiger partial charge in [-0.25, -0.2) is 4.79 Å². The summed E-state index contributed by atoms with van der Waals surface area (Å²) in [6.07, 6.45) is 2.97. The van der Waals surface area contributed by atoms with Crippen molar-refractivity contribution < 1.29 is 19.2 Å². The third-order valence-electron chi connectivity index (χ3n) is 3.86. The summed E-state index contributed by atoms with van der Waals surface area (Å²) in [6.45, 7) is 4.26. The number of barbiturate groups is 1. The highest BCUT2D eigenvalue weighted by atomic mass is 16.2. The molecule has 0 aromatic heterocycles. The molecule has 0 saturated carbocycles. The van der Waals surface area contributed by atoms with Crippen LogP contribution in [0.2, 0.25) is 0 Å². The van der Waals surface area contributed by atoms with Gasteiger partial charge in [0, 0.05) is 13.1 Å². The first-order chi connectivity index (χ1) is 9.43. The Morgan fingerprint density at radius 2 is 1.80 bits per heavy atom. The minimum Gasteiger partial charge on any atom is -0.341 e. The Hall–Kier alpha value is -1.92. The lowest BCUT2D eigenvalue weighted by Crippen LogP contribution is -2.62. The second kappa shape index (κ2) is 5.60. The number of imide groups is 2. The largest absolute Gasteiger partial charge is 0.341 e. The molecule has 2 aliphatic rings. The van der Waals surface area contributed by atoms with E-state index in [4.69, 9.17) is 0 Å². The Labute approximate surface area is 117 Å². The molecule has 2 heterocycles. The lowest BCUT2D eigenvalue weighted by molar-refractivity contribution is -0.149. The maximum atomic E-state index is 12.3. The van der Waals surface area contributed by atoms with Crippen molar-refractivity contribution in [2.45, 2.75) is 39.2 Å². The molecule has 0 radical (unpaired) electrons. The first kappa shape index (κ1) is 14.5. The Bertz CT molecular complexity index is 457. The van der Waals surface area contributed by atoms with Crippen LogP contribution in [0.1, 0.15) is 33.1 Å². The van der Waals surface area contributed by atoms with Crippen molar-refractivity contribution in [1.29, 1.82) is 0 Å². The molecule has 2 fully saturated rings. The van der Waals surface area contributed by atoms with Crippen molar-refractivity contribution in [3.05, 3.63) is 0 Å². The Kier molecular flexibility index (Phi) is 4.06. The van der Waals surface area contributed by atoms with Crippen LogP contribution in [0.25, 0.3) is 0 Å². The molecule has 7 heteroatoms. The Morgan fingerprint density at radius 1 is 1.20 bits per heavy atom. The summed E-state index contributed by atoms with van der Waals surface area (Å²) in [4.78, 5) is 50.1. The normalized spacial score (nSPS) is 25.5. The van der Waals surface area contributed by atoms with Crippen molar-refractivity contribution in [1.82, 2.24) is 15.1 Å². The third-order valence-corrected chi connectivity index (χ3v) is 3.86. The molecule has 2 saturated heterocycles. The van der Waals surface area contributed by atoms with Crippen molar-refractivity contribution in [2.75, 3.05) is 13.1 Å². The molecule has 0 aromatic carbocycles. The predicted molar refractivity (Wildman–Crippen MR) is 69.4 cm³/mol. The first-order valence-corrected chi connectivity index (χ1v) is 6.90. The SMILES string of the molecule is CC1C(=O)NC(=O)N(C(C)C(=O)N2CCCCC2)C1=O. The predicted octanol–water partition coefficient (Wildman–Crippen LogP) is 0.102. The molecular weight excluding hydrogens is 262 g/mol. The highest BCUT2D eigenvalue weighted by molar-refractivity contribution is 6.17. The fourth-order valence-corrected chi connectivity index (χ4v) is 2.55. The van der Waals surface area contributed by atoms with Crippen LogP contribution in [0, 0.1) is 5.92 Å². The number of nitrogens with one attached hydrogen (secondary N) is 1. The van der Waals surface area contributed by atoms with Crippen LogP contribution in [-0.4, -0.2) is 52.7 Å². The van der Waals surface area contributed by atoms with Crippen LogP contribution < -0.4 is 5.32 Å². The quantitative estimate of drug-likeness (QED) is 0.727. The van der Waals surface area contributed by atoms with Gasteiger partial charge in [-0.1, -0.05) is 0 Å². The van der Waals surface area contributed by atoms with Crippen molar-refractivity contribution in [2.24, 2.45) is 5.92 Å². The molecule has 1 N–H and O–H groups in total. The number of carbonyl (C=O) groups excluding carboxylic acids is 4. The summed E-state index contributed by atoms with van der Waals surface area (Å²) in [7, 11) is 0. The van der Waals surface area contributed by atoms with Crippen molar-refractivity contribution >= 4 is 23.8 Å². The minimum absolute atomic E-state index is 0.241. The van der Waals surface area contributed by atoms with Gasteiger partial charge in [0.15, 0.2) is 0 Å². The molecule has 0 aliphatic carbocycles. The second-order valence-corrected chi connectivity index (χ2v) is 5.29. The van der Waals surface area contributed by atoms with E-state index < -0.39 is 29.8 Å². The number of amides is 5. The van der Waals surface area contributed by atoms with E-state index in [-0.39, 0.29) is 5.91 Å². The van der Waals surface area contributed by atoms with Crippen LogP contribution in [-0.2, 0) is 14.4 Å². The van der Waals surface area contributed by atoms with E-state index in [0.717, 1.165) is 24.2 Å². The number of likely N-dealkylation sites (tertiary alicyclic amines) is 1. The molecule has 2 atom stereocenters. The number of carbonyl (C=O) groups is 4. The van der Waals surface area contributed by atoms with E-state index in [0.29, 0.717) is 13.1 Å². The zero-order valence-electron chi connectivity index (χ0n) is 11.7. The maximum absolute atomic E-state index is 12.3. The highest BCUT2D eigenvalue weighted by Crippen LogP contribution is 2.17. The number of piperidine rings is 1. The van der Waals surface area contributed by atoms with E-state index >= 15 is 0 Å². The monoisotopic (exact) mass is 281 g/mol. The van der Waals surface area contributed by atoms with Crippen molar-refractivity contribution in [3.63, 3.8) is 0 Å². The van der Waals surface area contributed by atoms with E-state index in [1.54, 1.807) is 4.90 Å². The lowest BCUT2D eigenvalue weighted by atomic mass is 10.0. The molecule has 20 heavy (non-hydrogen) atoms. The fraction of sp³-hybridized carbons (Fsp3) is 0.692. The van der Waals surface area contributed by atoms with E-state index in [2.05, 4.69) is 5.32 Å². The highest BCUT2D eigenvalue weighted by Gasteiger charge is 2.42. The van der Waals surface area contributed by atoms with Gasteiger partial charge in [-0.3, -0.25) is 24.6 Å². The fourth-order valence-electron chi connectivity index (χ4n) is 2.55. The molecule has 110 valence electrons. The number of nitrogens with zero attached hydrogens (tertiary/aromatic N) is 2. The summed E-state index contributed by atoms with van der Waals surface area (Å²) < 4.78 is 0. The van der Waals surface area contributed by atoms with Gasteiger partial charge in [0.25, 0.3) is 0 Å². The van der Waals surface area contributed by atoms with Gasteiger partial charge in [-0.05, 0) is 33.1 Å². The molecule has 0 aromatic rings.